The van der Waals surface area contributed by atoms with Crippen molar-refractivity contribution in [1.82, 2.24) is 4.90 Å². The van der Waals surface area contributed by atoms with Gasteiger partial charge in [-0.25, -0.2) is 0 Å². The number of halogens is 1. The summed E-state index contributed by atoms with van der Waals surface area (Å²) in [5.74, 6) is 0.192. The van der Waals surface area contributed by atoms with Gasteiger partial charge in [0.2, 0.25) is 5.91 Å². The Kier molecular flexibility index (Phi) is 4.78. The first-order valence-electron chi connectivity index (χ1n) is 6.20. The predicted octanol–water partition coefficient (Wildman–Crippen LogP) is 2.16. The molecular weight excluding hydrogens is 294 g/mol. The normalized spacial score (nSPS) is 19.9. The minimum Gasteiger partial charge on any atom is -0.377 e. The maximum absolute atomic E-state index is 12.3. The molecule has 0 N–H and O–H groups in total. The van der Waals surface area contributed by atoms with Gasteiger partial charge in [0.25, 0.3) is 0 Å². The van der Waals surface area contributed by atoms with Gasteiger partial charge in [0.15, 0.2) is 0 Å². The number of nitrogens with zero attached hydrogens (tertiary/aromatic N) is 1. The molecule has 18 heavy (non-hydrogen) atoms. The Hall–Kier alpha value is -0.870. The van der Waals surface area contributed by atoms with Gasteiger partial charge in [-0.2, -0.15) is 0 Å². The molecule has 1 fully saturated rings. The Balaban J connectivity index is 2.05. The molecule has 3 nitrogen and oxygen atoms in total. The Bertz CT molecular complexity index is 422. The average molecular weight is 312 g/mol. The second-order valence-corrected chi connectivity index (χ2v) is 5.22. The molecule has 98 valence electrons. The Morgan fingerprint density at radius 3 is 3.00 bits per heavy atom. The summed E-state index contributed by atoms with van der Waals surface area (Å²) in [7, 11) is 0. The lowest BCUT2D eigenvalue weighted by molar-refractivity contribution is -0.138. The molecule has 1 unspecified atom stereocenters. The molecule has 0 radical (unpaired) electrons. The van der Waals surface area contributed by atoms with Crippen LogP contribution in [0.4, 0.5) is 0 Å². The molecule has 0 aliphatic carbocycles. The molecule has 1 amide bonds. The highest BCUT2D eigenvalue weighted by molar-refractivity contribution is 9.09. The van der Waals surface area contributed by atoms with Crippen LogP contribution in [0.25, 0.3) is 0 Å². The standard InChI is InChI=1S/C14H18BrNO2/c1-11-4-2-3-5-12(11)8-14(17)16-6-7-18-10-13(16)9-15/h2-5,13H,6-10H2,1H3. The third-order valence-electron chi connectivity index (χ3n) is 3.33. The summed E-state index contributed by atoms with van der Waals surface area (Å²) < 4.78 is 5.40. The highest BCUT2D eigenvalue weighted by Crippen LogP contribution is 2.14. The number of rotatable bonds is 3. The summed E-state index contributed by atoms with van der Waals surface area (Å²) in [4.78, 5) is 14.3. The van der Waals surface area contributed by atoms with E-state index in [0.717, 1.165) is 10.9 Å². The SMILES string of the molecule is Cc1ccccc1CC(=O)N1CCOCC1CBr. The smallest absolute Gasteiger partial charge is 0.227 e. The number of ether oxygens (including phenoxy) is 1. The van der Waals surface area contributed by atoms with E-state index < -0.39 is 0 Å². The molecule has 1 heterocycles. The van der Waals surface area contributed by atoms with Crippen LogP contribution in [-0.4, -0.2) is 41.9 Å². The summed E-state index contributed by atoms with van der Waals surface area (Å²) in [5, 5.41) is 0.770. The average Bonchev–Trinajstić information content (AvgIpc) is 2.41. The summed E-state index contributed by atoms with van der Waals surface area (Å²) in [6.07, 6.45) is 0.482. The fraction of sp³-hybridized carbons (Fsp3) is 0.500. The van der Waals surface area contributed by atoms with Crippen molar-refractivity contribution in [2.24, 2.45) is 0 Å². The van der Waals surface area contributed by atoms with E-state index in [0.29, 0.717) is 26.2 Å². The number of alkyl halides is 1. The first-order valence-corrected chi connectivity index (χ1v) is 7.32. The molecule has 1 saturated heterocycles. The van der Waals surface area contributed by atoms with Crippen molar-refractivity contribution in [3.05, 3.63) is 35.4 Å². The fourth-order valence-electron chi connectivity index (χ4n) is 2.18. The van der Waals surface area contributed by atoms with Crippen molar-refractivity contribution in [3.8, 4) is 0 Å². The van der Waals surface area contributed by atoms with Gasteiger partial charge in [-0.3, -0.25) is 4.79 Å². The zero-order valence-corrected chi connectivity index (χ0v) is 12.1. The van der Waals surface area contributed by atoms with E-state index in [-0.39, 0.29) is 11.9 Å². The Labute approximate surface area is 116 Å². The lowest BCUT2D eigenvalue weighted by Crippen LogP contribution is -2.50. The number of aryl methyl sites for hydroxylation is 1. The van der Waals surface area contributed by atoms with E-state index in [4.69, 9.17) is 4.74 Å². The van der Waals surface area contributed by atoms with Crippen molar-refractivity contribution in [3.63, 3.8) is 0 Å². The molecule has 0 spiro atoms. The number of hydrogen-bond acceptors (Lipinski definition) is 2. The second kappa shape index (κ2) is 6.34. The molecule has 1 aromatic carbocycles. The lowest BCUT2D eigenvalue weighted by atomic mass is 10.0. The van der Waals surface area contributed by atoms with Crippen molar-refractivity contribution in [2.75, 3.05) is 25.1 Å². The van der Waals surface area contributed by atoms with Gasteiger partial charge in [0.1, 0.15) is 0 Å². The number of morpholine rings is 1. The molecule has 1 aliphatic heterocycles. The van der Waals surface area contributed by atoms with Gasteiger partial charge in [-0.05, 0) is 18.1 Å². The van der Waals surface area contributed by atoms with Crippen LogP contribution in [0.5, 0.6) is 0 Å². The topological polar surface area (TPSA) is 29.5 Å². The number of carbonyl (C=O) groups excluding carboxylic acids is 1. The van der Waals surface area contributed by atoms with Crippen LogP contribution in [0, 0.1) is 6.92 Å². The molecule has 1 aliphatic rings. The molecule has 2 rings (SSSR count). The van der Waals surface area contributed by atoms with E-state index in [9.17, 15) is 4.79 Å². The van der Waals surface area contributed by atoms with Crippen molar-refractivity contribution in [1.29, 1.82) is 0 Å². The van der Waals surface area contributed by atoms with Crippen LogP contribution < -0.4 is 0 Å². The number of benzene rings is 1. The van der Waals surface area contributed by atoms with Crippen molar-refractivity contribution >= 4 is 21.8 Å². The third-order valence-corrected chi connectivity index (χ3v) is 4.08. The van der Waals surface area contributed by atoms with Gasteiger partial charge in [-0.15, -0.1) is 0 Å². The maximum Gasteiger partial charge on any atom is 0.227 e. The van der Waals surface area contributed by atoms with Crippen LogP contribution in [-0.2, 0) is 16.0 Å². The van der Waals surface area contributed by atoms with Gasteiger partial charge in [0.05, 0.1) is 25.7 Å². The van der Waals surface area contributed by atoms with E-state index in [1.165, 1.54) is 5.56 Å². The van der Waals surface area contributed by atoms with E-state index >= 15 is 0 Å². The van der Waals surface area contributed by atoms with Crippen LogP contribution in [0.3, 0.4) is 0 Å². The van der Waals surface area contributed by atoms with Gasteiger partial charge in [0, 0.05) is 11.9 Å². The summed E-state index contributed by atoms with van der Waals surface area (Å²) in [5.41, 5.74) is 2.29. The minimum atomic E-state index is 0.162. The van der Waals surface area contributed by atoms with Crippen LogP contribution in [0.2, 0.25) is 0 Å². The number of hydrogen-bond donors (Lipinski definition) is 0. The zero-order chi connectivity index (χ0) is 13.0. The summed E-state index contributed by atoms with van der Waals surface area (Å²) >= 11 is 3.45. The van der Waals surface area contributed by atoms with E-state index in [1.54, 1.807) is 0 Å². The van der Waals surface area contributed by atoms with Gasteiger partial charge < -0.3 is 9.64 Å². The zero-order valence-electron chi connectivity index (χ0n) is 10.6. The molecule has 0 bridgehead atoms. The summed E-state index contributed by atoms with van der Waals surface area (Å²) in [6, 6.07) is 8.21. The maximum atomic E-state index is 12.3. The number of carbonyl (C=O) groups is 1. The molecular formula is C14H18BrNO2. The van der Waals surface area contributed by atoms with E-state index in [2.05, 4.69) is 15.9 Å². The van der Waals surface area contributed by atoms with Gasteiger partial charge >= 0.3 is 0 Å². The van der Waals surface area contributed by atoms with Crippen LogP contribution in [0.1, 0.15) is 11.1 Å². The highest BCUT2D eigenvalue weighted by atomic mass is 79.9. The minimum absolute atomic E-state index is 0.162. The highest BCUT2D eigenvalue weighted by Gasteiger charge is 2.26. The van der Waals surface area contributed by atoms with Crippen molar-refractivity contribution in [2.45, 2.75) is 19.4 Å². The molecule has 1 aromatic rings. The summed E-state index contributed by atoms with van der Waals surface area (Å²) in [6.45, 7) is 4.01. The fourth-order valence-corrected chi connectivity index (χ4v) is 2.72. The van der Waals surface area contributed by atoms with E-state index in [1.807, 2.05) is 36.1 Å². The van der Waals surface area contributed by atoms with Crippen LogP contribution >= 0.6 is 15.9 Å². The van der Waals surface area contributed by atoms with Gasteiger partial charge in [-0.1, -0.05) is 40.2 Å². The molecule has 1 atom stereocenters. The largest absolute Gasteiger partial charge is 0.377 e. The molecule has 4 heteroatoms. The van der Waals surface area contributed by atoms with Crippen LogP contribution in [0.15, 0.2) is 24.3 Å². The number of amides is 1. The predicted molar refractivity (Wildman–Crippen MR) is 75.0 cm³/mol. The third kappa shape index (κ3) is 3.12. The Morgan fingerprint density at radius 2 is 2.28 bits per heavy atom. The first-order chi connectivity index (χ1) is 8.72. The second-order valence-electron chi connectivity index (χ2n) is 4.57. The van der Waals surface area contributed by atoms with Crippen molar-refractivity contribution < 1.29 is 9.53 Å². The Morgan fingerprint density at radius 1 is 1.50 bits per heavy atom. The first kappa shape index (κ1) is 13.6. The lowest BCUT2D eigenvalue weighted by Gasteiger charge is -2.34. The monoisotopic (exact) mass is 311 g/mol. The molecule has 0 saturated carbocycles. The quantitative estimate of drug-likeness (QED) is 0.801. The molecule has 0 aromatic heterocycles.